The van der Waals surface area contributed by atoms with Gasteiger partial charge in [0.05, 0.1) is 6.54 Å². The fourth-order valence-electron chi connectivity index (χ4n) is 2.97. The van der Waals surface area contributed by atoms with Gasteiger partial charge < -0.3 is 10.2 Å². The van der Waals surface area contributed by atoms with E-state index < -0.39 is 0 Å². The lowest BCUT2D eigenvalue weighted by Crippen LogP contribution is -2.52. The summed E-state index contributed by atoms with van der Waals surface area (Å²) in [7, 11) is 0. The number of rotatable bonds is 6. The van der Waals surface area contributed by atoms with Gasteiger partial charge in [0, 0.05) is 42.8 Å². The summed E-state index contributed by atoms with van der Waals surface area (Å²) in [4.78, 5) is 29.5. The van der Waals surface area contributed by atoms with Crippen LogP contribution in [-0.4, -0.2) is 80.6 Å². The number of piperazine rings is 1. The lowest BCUT2D eigenvalue weighted by Gasteiger charge is -2.34. The van der Waals surface area contributed by atoms with Crippen molar-refractivity contribution >= 4 is 23.4 Å². The second-order valence-electron chi connectivity index (χ2n) is 7.03. The number of carbonyl (C=O) groups is 2. The van der Waals surface area contributed by atoms with Crippen molar-refractivity contribution in [2.75, 3.05) is 32.7 Å². The molecule has 2 heterocycles. The molecule has 3 rings (SSSR count). The molecule has 0 unspecified atom stereocenters. The summed E-state index contributed by atoms with van der Waals surface area (Å²) in [5.74, 6) is 0.396. The summed E-state index contributed by atoms with van der Waals surface area (Å²) >= 11 is 5.88. The molecule has 2 aromatic rings. The van der Waals surface area contributed by atoms with Crippen molar-refractivity contribution in [1.29, 1.82) is 0 Å². The second-order valence-corrected chi connectivity index (χ2v) is 7.47. The third-order valence-corrected chi connectivity index (χ3v) is 4.63. The molecule has 28 heavy (non-hydrogen) atoms. The molecule has 0 radical (unpaired) electrons. The number of amides is 2. The van der Waals surface area contributed by atoms with Crippen molar-refractivity contribution in [2.24, 2.45) is 0 Å². The van der Waals surface area contributed by atoms with Gasteiger partial charge in [-0.1, -0.05) is 11.6 Å². The smallest absolute Gasteiger partial charge is 0.246 e. The number of aromatic nitrogens is 4. The molecule has 1 N–H and O–H groups in total. The van der Waals surface area contributed by atoms with Crippen LogP contribution in [0.1, 0.15) is 13.8 Å². The molecule has 0 bridgehead atoms. The number of nitrogens with zero attached hydrogens (tertiary/aromatic N) is 6. The molecular formula is C18H24ClN7O2. The van der Waals surface area contributed by atoms with E-state index in [4.69, 9.17) is 11.6 Å². The molecule has 1 saturated heterocycles. The molecule has 2 amide bonds. The van der Waals surface area contributed by atoms with Crippen molar-refractivity contribution in [3.8, 4) is 11.4 Å². The summed E-state index contributed by atoms with van der Waals surface area (Å²) in [5, 5.41) is 15.7. The van der Waals surface area contributed by atoms with Crippen LogP contribution in [0.25, 0.3) is 11.4 Å². The highest BCUT2D eigenvalue weighted by molar-refractivity contribution is 6.30. The minimum Gasteiger partial charge on any atom is -0.353 e. The van der Waals surface area contributed by atoms with Crippen LogP contribution >= 0.6 is 11.6 Å². The van der Waals surface area contributed by atoms with E-state index in [0.717, 1.165) is 5.56 Å². The molecule has 150 valence electrons. The summed E-state index contributed by atoms with van der Waals surface area (Å²) in [6.45, 7) is 6.75. The van der Waals surface area contributed by atoms with E-state index in [1.54, 1.807) is 29.2 Å². The van der Waals surface area contributed by atoms with E-state index in [2.05, 4.69) is 20.7 Å². The minimum atomic E-state index is -0.0636. The first-order valence-electron chi connectivity index (χ1n) is 9.24. The number of nitrogens with one attached hydrogen (secondary N) is 1. The third kappa shape index (κ3) is 5.49. The fraction of sp³-hybridized carbons (Fsp3) is 0.500. The normalized spacial score (nSPS) is 15.1. The Kier molecular flexibility index (Phi) is 6.58. The molecule has 10 heteroatoms. The van der Waals surface area contributed by atoms with Gasteiger partial charge in [-0.15, -0.1) is 10.2 Å². The lowest BCUT2D eigenvalue weighted by molar-refractivity contribution is -0.134. The molecule has 0 aliphatic carbocycles. The van der Waals surface area contributed by atoms with Crippen LogP contribution < -0.4 is 5.32 Å². The predicted octanol–water partition coefficient (Wildman–Crippen LogP) is 0.662. The number of carbonyl (C=O) groups excluding carboxylic acids is 2. The van der Waals surface area contributed by atoms with E-state index in [1.807, 2.05) is 18.7 Å². The van der Waals surface area contributed by atoms with Gasteiger partial charge in [-0.3, -0.25) is 14.5 Å². The standard InChI is InChI=1S/C18H24ClN7O2/c1-13(2)20-16(27)11-24-7-9-25(10-8-24)17(28)12-26-22-18(21-23-26)14-3-5-15(19)6-4-14/h3-6,13H,7-12H2,1-2H3,(H,20,27). The highest BCUT2D eigenvalue weighted by Crippen LogP contribution is 2.17. The molecule has 9 nitrogen and oxygen atoms in total. The maximum atomic E-state index is 12.5. The Balaban J connectivity index is 1.48. The van der Waals surface area contributed by atoms with E-state index in [-0.39, 0.29) is 24.4 Å². The van der Waals surface area contributed by atoms with Crippen molar-refractivity contribution in [3.63, 3.8) is 0 Å². The fourth-order valence-corrected chi connectivity index (χ4v) is 3.10. The zero-order chi connectivity index (χ0) is 20.1. The molecule has 0 spiro atoms. The van der Waals surface area contributed by atoms with E-state index >= 15 is 0 Å². The first-order valence-corrected chi connectivity index (χ1v) is 9.62. The van der Waals surface area contributed by atoms with Crippen molar-refractivity contribution in [2.45, 2.75) is 26.4 Å². The van der Waals surface area contributed by atoms with Gasteiger partial charge in [0.15, 0.2) is 0 Å². The molecule has 1 aliphatic rings. The van der Waals surface area contributed by atoms with Crippen LogP contribution in [0.2, 0.25) is 5.02 Å². The Labute approximate surface area is 168 Å². The van der Waals surface area contributed by atoms with Gasteiger partial charge >= 0.3 is 0 Å². The van der Waals surface area contributed by atoms with Crippen LogP contribution in [-0.2, 0) is 16.1 Å². The Hall–Kier alpha value is -2.52. The minimum absolute atomic E-state index is 0.0105. The van der Waals surface area contributed by atoms with Crippen molar-refractivity contribution < 1.29 is 9.59 Å². The first kappa shape index (κ1) is 20.2. The highest BCUT2D eigenvalue weighted by atomic mass is 35.5. The summed E-state index contributed by atoms with van der Waals surface area (Å²) in [6, 6.07) is 7.25. The SMILES string of the molecule is CC(C)NC(=O)CN1CCN(C(=O)Cn2nnc(-c3ccc(Cl)cc3)n2)CC1. The number of benzene rings is 1. The predicted molar refractivity (Wildman–Crippen MR) is 105 cm³/mol. The van der Waals surface area contributed by atoms with Crippen LogP contribution in [0, 0.1) is 0 Å². The van der Waals surface area contributed by atoms with E-state index in [9.17, 15) is 9.59 Å². The van der Waals surface area contributed by atoms with Gasteiger partial charge in [-0.05, 0) is 43.3 Å². The second kappa shape index (κ2) is 9.11. The zero-order valence-corrected chi connectivity index (χ0v) is 16.8. The highest BCUT2D eigenvalue weighted by Gasteiger charge is 2.23. The molecule has 1 aromatic carbocycles. The van der Waals surface area contributed by atoms with E-state index in [1.165, 1.54) is 4.80 Å². The monoisotopic (exact) mass is 405 g/mol. The van der Waals surface area contributed by atoms with E-state index in [0.29, 0.717) is 43.6 Å². The molecule has 0 saturated carbocycles. The topological polar surface area (TPSA) is 96.2 Å². The van der Waals surface area contributed by atoms with Crippen LogP contribution in [0.4, 0.5) is 0 Å². The number of hydrogen-bond donors (Lipinski definition) is 1. The molecule has 1 aromatic heterocycles. The molecule has 1 fully saturated rings. The molecular weight excluding hydrogens is 382 g/mol. The number of hydrogen-bond acceptors (Lipinski definition) is 6. The van der Waals surface area contributed by atoms with Gasteiger partial charge in [-0.25, -0.2) is 0 Å². The summed E-state index contributed by atoms with van der Waals surface area (Å²) in [6.07, 6.45) is 0. The Morgan fingerprint density at radius 3 is 2.43 bits per heavy atom. The summed E-state index contributed by atoms with van der Waals surface area (Å²) < 4.78 is 0. The molecule has 0 atom stereocenters. The van der Waals surface area contributed by atoms with Crippen LogP contribution in [0.5, 0.6) is 0 Å². The third-order valence-electron chi connectivity index (χ3n) is 4.37. The van der Waals surface area contributed by atoms with Crippen LogP contribution in [0.15, 0.2) is 24.3 Å². The first-order chi connectivity index (χ1) is 13.4. The molecule has 1 aliphatic heterocycles. The quantitative estimate of drug-likeness (QED) is 0.758. The maximum Gasteiger partial charge on any atom is 0.246 e. The van der Waals surface area contributed by atoms with Crippen molar-refractivity contribution in [1.82, 2.24) is 35.3 Å². The van der Waals surface area contributed by atoms with Gasteiger partial charge in [-0.2, -0.15) is 4.80 Å². The Morgan fingerprint density at radius 2 is 1.79 bits per heavy atom. The zero-order valence-electron chi connectivity index (χ0n) is 16.0. The lowest BCUT2D eigenvalue weighted by atomic mass is 10.2. The largest absolute Gasteiger partial charge is 0.353 e. The number of tetrazole rings is 1. The maximum absolute atomic E-state index is 12.5. The van der Waals surface area contributed by atoms with Gasteiger partial charge in [0.25, 0.3) is 0 Å². The van der Waals surface area contributed by atoms with Crippen molar-refractivity contribution in [3.05, 3.63) is 29.3 Å². The summed E-state index contributed by atoms with van der Waals surface area (Å²) in [5.41, 5.74) is 0.788. The van der Waals surface area contributed by atoms with Gasteiger partial charge in [0.2, 0.25) is 17.6 Å². The Bertz CT molecular complexity index is 814. The number of halogens is 1. The van der Waals surface area contributed by atoms with Crippen LogP contribution in [0.3, 0.4) is 0 Å². The van der Waals surface area contributed by atoms with Gasteiger partial charge in [0.1, 0.15) is 6.54 Å². The average molecular weight is 406 g/mol. The average Bonchev–Trinajstić information content (AvgIpc) is 3.10. The Morgan fingerprint density at radius 1 is 1.11 bits per heavy atom.